The van der Waals surface area contributed by atoms with Gasteiger partial charge in [-0.15, -0.1) is 0 Å². The zero-order valence-corrected chi connectivity index (χ0v) is 19.3. The average molecular weight is 440 g/mol. The second kappa shape index (κ2) is 10.2. The number of anilines is 1. The van der Waals surface area contributed by atoms with Crippen LogP contribution in [0.2, 0.25) is 0 Å². The van der Waals surface area contributed by atoms with E-state index in [1.807, 2.05) is 73.7 Å². The Balaban J connectivity index is 1.50. The Morgan fingerprint density at radius 1 is 0.848 bits per heavy atom. The third kappa shape index (κ3) is 5.53. The first-order valence-electron chi connectivity index (χ1n) is 11.3. The summed E-state index contributed by atoms with van der Waals surface area (Å²) in [4.78, 5) is 12.9. The van der Waals surface area contributed by atoms with Gasteiger partial charge in [-0.2, -0.15) is 0 Å². The van der Waals surface area contributed by atoms with Gasteiger partial charge in [-0.05, 0) is 71.6 Å². The van der Waals surface area contributed by atoms with Gasteiger partial charge in [-0.1, -0.05) is 56.3 Å². The molecule has 168 valence electrons. The summed E-state index contributed by atoms with van der Waals surface area (Å²) in [5.41, 5.74) is 3.39. The van der Waals surface area contributed by atoms with E-state index in [-0.39, 0.29) is 5.91 Å². The number of amides is 1. The monoisotopic (exact) mass is 439 g/mol. The van der Waals surface area contributed by atoms with Crippen molar-refractivity contribution in [3.05, 3.63) is 102 Å². The van der Waals surface area contributed by atoms with Gasteiger partial charge in [0, 0.05) is 16.8 Å². The minimum absolute atomic E-state index is 0.165. The summed E-state index contributed by atoms with van der Waals surface area (Å²) in [5.74, 6) is 1.78. The Hall–Kier alpha value is -3.79. The van der Waals surface area contributed by atoms with Crippen molar-refractivity contribution in [2.45, 2.75) is 33.3 Å². The molecule has 0 heterocycles. The van der Waals surface area contributed by atoms with E-state index < -0.39 is 0 Å². The van der Waals surface area contributed by atoms with Crippen LogP contribution < -0.4 is 14.8 Å². The smallest absolute Gasteiger partial charge is 0.255 e. The molecule has 0 aromatic heterocycles. The molecular formula is C29H29NO3. The maximum Gasteiger partial charge on any atom is 0.255 e. The van der Waals surface area contributed by atoms with E-state index >= 15 is 0 Å². The van der Waals surface area contributed by atoms with E-state index in [1.54, 1.807) is 6.07 Å². The van der Waals surface area contributed by atoms with Gasteiger partial charge in [0.15, 0.2) is 0 Å². The van der Waals surface area contributed by atoms with Crippen molar-refractivity contribution in [1.29, 1.82) is 0 Å². The van der Waals surface area contributed by atoms with Gasteiger partial charge in [0.2, 0.25) is 0 Å². The second-order valence-corrected chi connectivity index (χ2v) is 8.28. The molecule has 1 N–H and O–H groups in total. The molecular weight excluding hydrogens is 410 g/mol. The van der Waals surface area contributed by atoms with Crippen LogP contribution in [0.15, 0.2) is 84.9 Å². The summed E-state index contributed by atoms with van der Waals surface area (Å²) in [6.07, 6.45) is 0. The fourth-order valence-corrected chi connectivity index (χ4v) is 3.70. The standard InChI is InChI=1S/C29H29NO3/c1-4-32-28-16-12-24(29(31)30-26-13-9-21(10-14-26)20(2)3)17-25(28)19-33-27-15-11-22-7-5-6-8-23(22)18-27/h5-18,20H,4,19H2,1-3H3,(H,30,31). The van der Waals surface area contributed by atoms with Gasteiger partial charge in [0.25, 0.3) is 5.91 Å². The first kappa shape index (κ1) is 22.4. The number of hydrogen-bond acceptors (Lipinski definition) is 3. The molecule has 33 heavy (non-hydrogen) atoms. The number of benzene rings is 4. The zero-order valence-electron chi connectivity index (χ0n) is 19.3. The highest BCUT2D eigenvalue weighted by Crippen LogP contribution is 2.26. The minimum Gasteiger partial charge on any atom is -0.493 e. The number of fused-ring (bicyclic) bond motifs is 1. The fourth-order valence-electron chi connectivity index (χ4n) is 3.70. The lowest BCUT2D eigenvalue weighted by Gasteiger charge is -2.14. The third-order valence-corrected chi connectivity index (χ3v) is 5.57. The Morgan fingerprint density at radius 2 is 1.61 bits per heavy atom. The van der Waals surface area contributed by atoms with Crippen LogP contribution in [0.5, 0.6) is 11.5 Å². The van der Waals surface area contributed by atoms with Gasteiger partial charge in [-0.25, -0.2) is 0 Å². The number of carbonyl (C=O) groups excluding carboxylic acids is 1. The molecule has 0 saturated carbocycles. The molecule has 4 rings (SSSR count). The fraction of sp³-hybridized carbons (Fsp3) is 0.207. The third-order valence-electron chi connectivity index (χ3n) is 5.57. The van der Waals surface area contributed by atoms with E-state index in [9.17, 15) is 4.79 Å². The highest BCUT2D eigenvalue weighted by atomic mass is 16.5. The van der Waals surface area contributed by atoms with Gasteiger partial charge in [0.1, 0.15) is 18.1 Å². The molecule has 0 spiro atoms. The highest BCUT2D eigenvalue weighted by molar-refractivity contribution is 6.04. The SMILES string of the molecule is CCOc1ccc(C(=O)Nc2ccc(C(C)C)cc2)cc1COc1ccc2ccccc2c1. The zero-order chi connectivity index (χ0) is 23.2. The summed E-state index contributed by atoms with van der Waals surface area (Å²) >= 11 is 0. The molecule has 0 atom stereocenters. The molecule has 0 bridgehead atoms. The Bertz CT molecular complexity index is 1250. The van der Waals surface area contributed by atoms with Crippen LogP contribution in [0.1, 0.15) is 48.2 Å². The van der Waals surface area contributed by atoms with E-state index in [2.05, 4.69) is 31.3 Å². The minimum atomic E-state index is -0.165. The van der Waals surface area contributed by atoms with Gasteiger partial charge >= 0.3 is 0 Å². The molecule has 0 saturated heterocycles. The van der Waals surface area contributed by atoms with Gasteiger partial charge in [-0.3, -0.25) is 4.79 Å². The number of carbonyl (C=O) groups is 1. The van der Waals surface area contributed by atoms with Gasteiger partial charge < -0.3 is 14.8 Å². The van der Waals surface area contributed by atoms with Crippen LogP contribution in [-0.2, 0) is 6.61 Å². The number of hydrogen-bond donors (Lipinski definition) is 1. The number of nitrogens with one attached hydrogen (secondary N) is 1. The summed E-state index contributed by atoms with van der Waals surface area (Å²) in [7, 11) is 0. The van der Waals surface area contributed by atoms with Crippen LogP contribution >= 0.6 is 0 Å². The van der Waals surface area contributed by atoms with E-state index in [1.165, 1.54) is 10.9 Å². The molecule has 0 aliphatic heterocycles. The molecule has 4 aromatic carbocycles. The average Bonchev–Trinajstić information content (AvgIpc) is 2.83. The van der Waals surface area contributed by atoms with E-state index in [4.69, 9.17) is 9.47 Å². The predicted molar refractivity (Wildman–Crippen MR) is 134 cm³/mol. The first-order valence-corrected chi connectivity index (χ1v) is 11.3. The first-order chi connectivity index (χ1) is 16.0. The molecule has 4 aromatic rings. The number of rotatable bonds is 8. The normalized spacial score (nSPS) is 10.9. The van der Waals surface area contributed by atoms with Crippen molar-refractivity contribution in [2.24, 2.45) is 0 Å². The summed E-state index contributed by atoms with van der Waals surface area (Å²) in [6.45, 7) is 7.08. The lowest BCUT2D eigenvalue weighted by Crippen LogP contribution is -2.13. The van der Waals surface area contributed by atoms with Gasteiger partial charge in [0.05, 0.1) is 6.61 Å². The molecule has 0 unspecified atom stereocenters. The Kier molecular flexibility index (Phi) is 6.94. The lowest BCUT2D eigenvalue weighted by molar-refractivity contribution is 0.102. The van der Waals surface area contributed by atoms with E-state index in [0.29, 0.717) is 24.7 Å². The highest BCUT2D eigenvalue weighted by Gasteiger charge is 2.12. The molecule has 0 fully saturated rings. The number of ether oxygens (including phenoxy) is 2. The molecule has 0 radical (unpaired) electrons. The second-order valence-electron chi connectivity index (χ2n) is 8.28. The topological polar surface area (TPSA) is 47.6 Å². The predicted octanol–water partition coefficient (Wildman–Crippen LogP) is 7.19. The van der Waals surface area contributed by atoms with Crippen LogP contribution in [0.3, 0.4) is 0 Å². The summed E-state index contributed by atoms with van der Waals surface area (Å²) in [6, 6.07) is 27.6. The van der Waals surface area contributed by atoms with Crippen molar-refractivity contribution in [3.63, 3.8) is 0 Å². The van der Waals surface area contributed by atoms with Crippen LogP contribution in [-0.4, -0.2) is 12.5 Å². The molecule has 0 aliphatic carbocycles. The summed E-state index contributed by atoms with van der Waals surface area (Å²) < 4.78 is 11.8. The van der Waals surface area contributed by atoms with E-state index in [0.717, 1.165) is 28.1 Å². The molecule has 4 nitrogen and oxygen atoms in total. The Labute approximate surface area is 195 Å². The molecule has 1 amide bonds. The largest absolute Gasteiger partial charge is 0.493 e. The van der Waals surface area contributed by atoms with Crippen molar-refractivity contribution in [2.75, 3.05) is 11.9 Å². The lowest BCUT2D eigenvalue weighted by atomic mass is 10.0. The van der Waals surface area contributed by atoms with Crippen molar-refractivity contribution < 1.29 is 14.3 Å². The molecule has 0 aliphatic rings. The van der Waals surface area contributed by atoms with Crippen molar-refractivity contribution in [1.82, 2.24) is 0 Å². The van der Waals surface area contributed by atoms with Crippen molar-refractivity contribution in [3.8, 4) is 11.5 Å². The van der Waals surface area contributed by atoms with Crippen molar-refractivity contribution >= 4 is 22.4 Å². The summed E-state index contributed by atoms with van der Waals surface area (Å²) in [5, 5.41) is 5.26. The maximum absolute atomic E-state index is 12.9. The maximum atomic E-state index is 12.9. The van der Waals surface area contributed by atoms with Crippen LogP contribution in [0.4, 0.5) is 5.69 Å². The van der Waals surface area contributed by atoms with Crippen LogP contribution in [0.25, 0.3) is 10.8 Å². The molecule has 4 heteroatoms. The quantitative estimate of drug-likeness (QED) is 0.316. The Morgan fingerprint density at radius 3 is 2.33 bits per heavy atom. The van der Waals surface area contributed by atoms with Crippen LogP contribution in [0, 0.1) is 0 Å².